The SMILES string of the molecule is COC(=O)[C@H]1CNCCN1S(=O)(=O)c1ccccc1. The highest BCUT2D eigenvalue weighted by atomic mass is 32.2. The first kappa shape index (κ1) is 14.0. The van der Waals surface area contributed by atoms with Crippen molar-refractivity contribution in [2.75, 3.05) is 26.7 Å². The molecule has 1 aliphatic rings. The van der Waals surface area contributed by atoms with Crippen LogP contribution in [-0.4, -0.2) is 51.5 Å². The van der Waals surface area contributed by atoms with Gasteiger partial charge in [-0.3, -0.25) is 4.79 Å². The smallest absolute Gasteiger partial charge is 0.325 e. The Bertz CT molecular complexity index is 544. The number of methoxy groups -OCH3 is 1. The predicted octanol–water partition coefficient (Wildman–Crippen LogP) is -0.178. The zero-order valence-corrected chi connectivity index (χ0v) is 11.4. The first-order chi connectivity index (χ1) is 9.07. The largest absolute Gasteiger partial charge is 0.468 e. The summed E-state index contributed by atoms with van der Waals surface area (Å²) >= 11 is 0. The van der Waals surface area contributed by atoms with E-state index < -0.39 is 22.0 Å². The molecule has 0 spiro atoms. The minimum atomic E-state index is -3.67. The molecule has 1 aromatic rings. The summed E-state index contributed by atoms with van der Waals surface area (Å²) in [6.45, 7) is 1.02. The van der Waals surface area contributed by atoms with E-state index in [1.54, 1.807) is 18.2 Å². The summed E-state index contributed by atoms with van der Waals surface area (Å²) in [7, 11) is -2.42. The van der Waals surface area contributed by atoms with Gasteiger partial charge in [-0.2, -0.15) is 4.31 Å². The normalized spacial score (nSPS) is 21.0. The third kappa shape index (κ3) is 2.78. The second-order valence-electron chi connectivity index (χ2n) is 4.17. The molecule has 0 bridgehead atoms. The summed E-state index contributed by atoms with van der Waals surface area (Å²) in [5.41, 5.74) is 0. The van der Waals surface area contributed by atoms with Crippen LogP contribution in [0.1, 0.15) is 0 Å². The molecule has 1 heterocycles. The van der Waals surface area contributed by atoms with Crippen LogP contribution >= 0.6 is 0 Å². The van der Waals surface area contributed by atoms with E-state index in [1.807, 2.05) is 0 Å². The Morgan fingerprint density at radius 3 is 2.68 bits per heavy atom. The van der Waals surface area contributed by atoms with Crippen molar-refractivity contribution in [3.63, 3.8) is 0 Å². The molecule has 7 heteroatoms. The molecule has 1 saturated heterocycles. The van der Waals surface area contributed by atoms with Gasteiger partial charge in [-0.05, 0) is 12.1 Å². The third-order valence-corrected chi connectivity index (χ3v) is 4.94. The summed E-state index contributed by atoms with van der Waals surface area (Å²) in [4.78, 5) is 11.9. The Morgan fingerprint density at radius 1 is 1.37 bits per heavy atom. The van der Waals surface area contributed by atoms with Gasteiger partial charge in [0.2, 0.25) is 10.0 Å². The van der Waals surface area contributed by atoms with Crippen molar-refractivity contribution in [3.8, 4) is 0 Å². The van der Waals surface area contributed by atoms with Crippen molar-refractivity contribution in [1.29, 1.82) is 0 Å². The second-order valence-corrected chi connectivity index (χ2v) is 6.06. The fraction of sp³-hybridized carbons (Fsp3) is 0.417. The van der Waals surface area contributed by atoms with Gasteiger partial charge in [0, 0.05) is 19.6 Å². The summed E-state index contributed by atoms with van der Waals surface area (Å²) in [5.74, 6) is -0.549. The predicted molar refractivity (Wildman–Crippen MR) is 69.0 cm³/mol. The Balaban J connectivity index is 2.35. The molecule has 1 N–H and O–H groups in total. The Morgan fingerprint density at radius 2 is 2.05 bits per heavy atom. The van der Waals surface area contributed by atoms with Crippen molar-refractivity contribution in [2.45, 2.75) is 10.9 Å². The monoisotopic (exact) mass is 284 g/mol. The number of carbonyl (C=O) groups is 1. The fourth-order valence-corrected chi connectivity index (χ4v) is 3.64. The molecule has 0 aromatic heterocycles. The number of hydrogen-bond acceptors (Lipinski definition) is 5. The van der Waals surface area contributed by atoms with Gasteiger partial charge in [0.05, 0.1) is 12.0 Å². The maximum Gasteiger partial charge on any atom is 0.325 e. The first-order valence-corrected chi connectivity index (χ1v) is 7.37. The number of piperazine rings is 1. The third-order valence-electron chi connectivity index (χ3n) is 3.02. The molecule has 1 atom stereocenters. The maximum atomic E-state index is 12.5. The Labute approximate surface area is 112 Å². The van der Waals surface area contributed by atoms with Gasteiger partial charge < -0.3 is 10.1 Å². The number of nitrogens with zero attached hydrogens (tertiary/aromatic N) is 1. The van der Waals surface area contributed by atoms with Crippen LogP contribution in [0.15, 0.2) is 35.2 Å². The number of hydrogen-bond donors (Lipinski definition) is 1. The van der Waals surface area contributed by atoms with Gasteiger partial charge in [0.25, 0.3) is 0 Å². The molecule has 0 aliphatic carbocycles. The molecule has 0 amide bonds. The quantitative estimate of drug-likeness (QED) is 0.779. The van der Waals surface area contributed by atoms with Gasteiger partial charge in [-0.25, -0.2) is 8.42 Å². The standard InChI is InChI=1S/C12H16N2O4S/c1-18-12(15)11-9-13-7-8-14(11)19(16,17)10-5-3-2-4-6-10/h2-6,11,13H,7-9H2,1H3/t11-/m1/s1. The number of nitrogens with one attached hydrogen (secondary N) is 1. The van der Waals surface area contributed by atoms with E-state index in [9.17, 15) is 13.2 Å². The van der Waals surface area contributed by atoms with Crippen LogP contribution in [0.2, 0.25) is 0 Å². The summed E-state index contributed by atoms with van der Waals surface area (Å²) in [6, 6.07) is 7.28. The van der Waals surface area contributed by atoms with Crippen molar-refractivity contribution in [1.82, 2.24) is 9.62 Å². The lowest BCUT2D eigenvalue weighted by Crippen LogP contribution is -2.57. The summed E-state index contributed by atoms with van der Waals surface area (Å²) in [5, 5.41) is 3.00. The second kappa shape index (κ2) is 5.68. The molecular formula is C12H16N2O4S. The maximum absolute atomic E-state index is 12.5. The zero-order valence-electron chi connectivity index (χ0n) is 10.6. The fourth-order valence-electron chi connectivity index (χ4n) is 2.04. The molecule has 19 heavy (non-hydrogen) atoms. The lowest BCUT2D eigenvalue weighted by Gasteiger charge is -2.33. The van der Waals surface area contributed by atoms with Crippen LogP contribution in [-0.2, 0) is 19.6 Å². The van der Waals surface area contributed by atoms with E-state index in [1.165, 1.54) is 23.5 Å². The van der Waals surface area contributed by atoms with E-state index in [2.05, 4.69) is 10.1 Å². The van der Waals surface area contributed by atoms with Gasteiger partial charge in [0.1, 0.15) is 6.04 Å². The van der Waals surface area contributed by atoms with Crippen molar-refractivity contribution >= 4 is 16.0 Å². The van der Waals surface area contributed by atoms with Gasteiger partial charge >= 0.3 is 5.97 Å². The van der Waals surface area contributed by atoms with E-state index in [4.69, 9.17) is 0 Å². The topological polar surface area (TPSA) is 75.7 Å². The van der Waals surface area contributed by atoms with Crippen molar-refractivity contribution in [2.24, 2.45) is 0 Å². The minimum Gasteiger partial charge on any atom is -0.468 e. The van der Waals surface area contributed by atoms with Gasteiger partial charge in [-0.1, -0.05) is 18.2 Å². The average Bonchev–Trinajstić information content (AvgIpc) is 2.47. The summed E-state index contributed by atoms with van der Waals surface area (Å²) in [6.07, 6.45) is 0. The number of ether oxygens (including phenoxy) is 1. The number of carbonyl (C=O) groups excluding carboxylic acids is 1. The number of esters is 1. The Kier molecular flexibility index (Phi) is 4.18. The van der Waals surface area contributed by atoms with Crippen LogP contribution in [0, 0.1) is 0 Å². The van der Waals surface area contributed by atoms with Crippen LogP contribution < -0.4 is 5.32 Å². The van der Waals surface area contributed by atoms with Crippen LogP contribution in [0.25, 0.3) is 0 Å². The van der Waals surface area contributed by atoms with E-state index in [0.717, 1.165) is 0 Å². The van der Waals surface area contributed by atoms with E-state index >= 15 is 0 Å². The number of rotatable bonds is 3. The van der Waals surface area contributed by atoms with Crippen LogP contribution in [0.3, 0.4) is 0 Å². The highest BCUT2D eigenvalue weighted by molar-refractivity contribution is 7.89. The first-order valence-electron chi connectivity index (χ1n) is 5.93. The number of sulfonamides is 1. The molecule has 0 radical (unpaired) electrons. The molecule has 6 nitrogen and oxygen atoms in total. The molecule has 1 aromatic carbocycles. The molecule has 0 saturated carbocycles. The molecule has 104 valence electrons. The molecular weight excluding hydrogens is 268 g/mol. The van der Waals surface area contributed by atoms with Gasteiger partial charge in [-0.15, -0.1) is 0 Å². The minimum absolute atomic E-state index is 0.186. The van der Waals surface area contributed by atoms with Crippen molar-refractivity contribution < 1.29 is 17.9 Å². The molecule has 1 fully saturated rings. The Hall–Kier alpha value is -1.44. The van der Waals surface area contributed by atoms with Crippen molar-refractivity contribution in [3.05, 3.63) is 30.3 Å². The lowest BCUT2D eigenvalue weighted by atomic mass is 10.2. The highest BCUT2D eigenvalue weighted by Gasteiger charge is 2.38. The number of benzene rings is 1. The molecule has 2 rings (SSSR count). The van der Waals surface area contributed by atoms with Gasteiger partial charge in [0.15, 0.2) is 0 Å². The van der Waals surface area contributed by atoms with E-state index in [-0.39, 0.29) is 18.0 Å². The van der Waals surface area contributed by atoms with E-state index in [0.29, 0.717) is 6.54 Å². The molecule has 0 unspecified atom stereocenters. The highest BCUT2D eigenvalue weighted by Crippen LogP contribution is 2.19. The average molecular weight is 284 g/mol. The summed E-state index contributed by atoms with van der Waals surface area (Å²) < 4.78 is 30.9. The van der Waals surface area contributed by atoms with Crippen LogP contribution in [0.5, 0.6) is 0 Å². The molecule has 1 aliphatic heterocycles. The zero-order chi connectivity index (χ0) is 13.9. The van der Waals surface area contributed by atoms with Crippen LogP contribution in [0.4, 0.5) is 0 Å². The lowest BCUT2D eigenvalue weighted by molar-refractivity contribution is -0.145.